The Labute approximate surface area is 126 Å². The molecule has 0 fully saturated rings. The van der Waals surface area contributed by atoms with Crippen molar-refractivity contribution < 1.29 is 14.7 Å². The minimum Gasteiger partial charge on any atom is -0.478 e. The lowest BCUT2D eigenvalue weighted by Gasteiger charge is -2.09. The molecular formula is C16H15NO3S. The van der Waals surface area contributed by atoms with Crippen molar-refractivity contribution in [2.45, 2.75) is 13.3 Å². The average Bonchev–Trinajstić information content (AvgIpc) is 2.94. The quantitative estimate of drug-likeness (QED) is 0.828. The number of carbonyl (C=O) groups is 2. The predicted octanol–water partition coefficient (Wildman–Crippen LogP) is 3.66. The largest absolute Gasteiger partial charge is 0.478 e. The van der Waals surface area contributed by atoms with E-state index in [9.17, 15) is 9.59 Å². The number of benzene rings is 1. The molecule has 1 amide bonds. The number of aliphatic carboxylic acids is 1. The first-order chi connectivity index (χ1) is 10.1. The number of carboxylic acid groups (broad SMARTS) is 1. The lowest BCUT2D eigenvalue weighted by Crippen LogP contribution is -2.12. The van der Waals surface area contributed by atoms with Crippen molar-refractivity contribution >= 4 is 35.0 Å². The summed E-state index contributed by atoms with van der Waals surface area (Å²) in [7, 11) is 0. The van der Waals surface area contributed by atoms with Crippen LogP contribution in [-0.2, 0) is 11.2 Å². The molecule has 0 aliphatic rings. The maximum Gasteiger partial charge on any atom is 0.328 e. The second-order valence-electron chi connectivity index (χ2n) is 4.34. The molecule has 1 heterocycles. The van der Waals surface area contributed by atoms with E-state index >= 15 is 0 Å². The van der Waals surface area contributed by atoms with Gasteiger partial charge in [-0.1, -0.05) is 25.1 Å². The first-order valence-electron chi connectivity index (χ1n) is 6.49. The van der Waals surface area contributed by atoms with Gasteiger partial charge < -0.3 is 10.4 Å². The zero-order valence-corrected chi connectivity index (χ0v) is 12.3. The molecule has 0 saturated heterocycles. The number of nitrogens with one attached hydrogen (secondary N) is 1. The van der Waals surface area contributed by atoms with E-state index in [0.29, 0.717) is 10.4 Å². The zero-order valence-electron chi connectivity index (χ0n) is 11.5. The van der Waals surface area contributed by atoms with Crippen LogP contribution < -0.4 is 5.32 Å². The number of hydrogen-bond donors (Lipinski definition) is 2. The smallest absolute Gasteiger partial charge is 0.328 e. The van der Waals surface area contributed by atoms with Crippen molar-refractivity contribution in [3.8, 4) is 0 Å². The van der Waals surface area contributed by atoms with Gasteiger partial charge in [-0.2, -0.15) is 0 Å². The summed E-state index contributed by atoms with van der Waals surface area (Å²) in [4.78, 5) is 23.4. The summed E-state index contributed by atoms with van der Waals surface area (Å²) >= 11 is 1.29. The van der Waals surface area contributed by atoms with E-state index in [1.807, 2.05) is 31.2 Å². The minimum atomic E-state index is -1.04. The van der Waals surface area contributed by atoms with Crippen LogP contribution in [-0.4, -0.2) is 17.0 Å². The number of aryl methyl sites for hydroxylation is 1. The van der Waals surface area contributed by atoms with Gasteiger partial charge in [-0.15, -0.1) is 11.3 Å². The summed E-state index contributed by atoms with van der Waals surface area (Å²) in [5.41, 5.74) is 2.45. The van der Waals surface area contributed by atoms with Gasteiger partial charge in [0, 0.05) is 11.8 Å². The van der Waals surface area contributed by atoms with Crippen LogP contribution in [0.15, 0.2) is 41.8 Å². The molecule has 5 heteroatoms. The lowest BCUT2D eigenvalue weighted by atomic mass is 10.1. The number of hydrogen-bond acceptors (Lipinski definition) is 3. The minimum absolute atomic E-state index is 0.226. The normalized spacial score (nSPS) is 10.7. The number of carboxylic acids is 1. The Hall–Kier alpha value is -2.40. The SMILES string of the molecule is CCc1ccccc1NC(=O)c1sccc1C=CC(=O)O. The Kier molecular flexibility index (Phi) is 4.90. The van der Waals surface area contributed by atoms with Gasteiger partial charge in [0.15, 0.2) is 0 Å². The Bertz CT molecular complexity index is 688. The van der Waals surface area contributed by atoms with Crippen molar-refractivity contribution in [3.05, 3.63) is 57.8 Å². The van der Waals surface area contributed by atoms with Gasteiger partial charge in [0.25, 0.3) is 5.91 Å². The first-order valence-corrected chi connectivity index (χ1v) is 7.37. The molecule has 108 valence electrons. The summed E-state index contributed by atoms with van der Waals surface area (Å²) in [6, 6.07) is 9.35. The summed E-state index contributed by atoms with van der Waals surface area (Å²) in [5.74, 6) is -1.26. The molecule has 2 aromatic rings. The highest BCUT2D eigenvalue weighted by molar-refractivity contribution is 7.12. The molecular weight excluding hydrogens is 286 g/mol. The standard InChI is InChI=1S/C16H15NO3S/c1-2-11-5-3-4-6-13(11)17-16(20)15-12(9-10-21-15)7-8-14(18)19/h3-10H,2H2,1H3,(H,17,20)(H,18,19). The molecule has 0 saturated carbocycles. The molecule has 0 atom stereocenters. The second kappa shape index (κ2) is 6.85. The van der Waals surface area contributed by atoms with Crippen LogP contribution >= 0.6 is 11.3 Å². The first kappa shape index (κ1) is 15.0. The van der Waals surface area contributed by atoms with Gasteiger partial charge >= 0.3 is 5.97 Å². The number of amides is 1. The second-order valence-corrected chi connectivity index (χ2v) is 5.26. The molecule has 4 nitrogen and oxygen atoms in total. The Morgan fingerprint density at radius 1 is 1.29 bits per heavy atom. The Morgan fingerprint density at radius 3 is 2.76 bits per heavy atom. The third-order valence-corrected chi connectivity index (χ3v) is 3.88. The van der Waals surface area contributed by atoms with Crippen LogP contribution in [0.2, 0.25) is 0 Å². The molecule has 0 spiro atoms. The van der Waals surface area contributed by atoms with Crippen LogP contribution in [0.4, 0.5) is 5.69 Å². The third-order valence-electron chi connectivity index (χ3n) is 2.95. The van der Waals surface area contributed by atoms with Crippen LogP contribution in [0.3, 0.4) is 0 Å². The molecule has 21 heavy (non-hydrogen) atoms. The molecule has 0 unspecified atom stereocenters. The summed E-state index contributed by atoms with van der Waals surface area (Å²) < 4.78 is 0. The highest BCUT2D eigenvalue weighted by Crippen LogP contribution is 2.22. The van der Waals surface area contributed by atoms with E-state index in [2.05, 4.69) is 5.32 Å². The molecule has 1 aromatic carbocycles. The van der Waals surface area contributed by atoms with Crippen molar-refractivity contribution in [1.82, 2.24) is 0 Å². The summed E-state index contributed by atoms with van der Waals surface area (Å²) in [6.07, 6.45) is 3.28. The number of thiophene rings is 1. The van der Waals surface area contributed by atoms with E-state index in [1.54, 1.807) is 11.4 Å². The summed E-state index contributed by atoms with van der Waals surface area (Å²) in [5, 5.41) is 13.3. The van der Waals surface area contributed by atoms with Crippen molar-refractivity contribution in [2.75, 3.05) is 5.32 Å². The number of rotatable bonds is 5. The van der Waals surface area contributed by atoms with Gasteiger partial charge in [-0.25, -0.2) is 4.79 Å². The highest BCUT2D eigenvalue weighted by Gasteiger charge is 2.13. The van der Waals surface area contributed by atoms with Crippen LogP contribution in [0, 0.1) is 0 Å². The highest BCUT2D eigenvalue weighted by atomic mass is 32.1. The van der Waals surface area contributed by atoms with Crippen molar-refractivity contribution in [2.24, 2.45) is 0 Å². The topological polar surface area (TPSA) is 66.4 Å². The molecule has 1 aromatic heterocycles. The van der Waals surface area contributed by atoms with E-state index in [0.717, 1.165) is 23.7 Å². The van der Waals surface area contributed by atoms with Crippen molar-refractivity contribution in [3.63, 3.8) is 0 Å². The molecule has 0 aliphatic heterocycles. The van der Waals surface area contributed by atoms with E-state index in [-0.39, 0.29) is 5.91 Å². The van der Waals surface area contributed by atoms with Crippen molar-refractivity contribution in [1.29, 1.82) is 0 Å². The van der Waals surface area contributed by atoms with E-state index in [4.69, 9.17) is 5.11 Å². The average molecular weight is 301 g/mol. The monoisotopic (exact) mass is 301 g/mol. The predicted molar refractivity (Wildman–Crippen MR) is 84.8 cm³/mol. The van der Waals surface area contributed by atoms with Crippen LogP contribution in [0.25, 0.3) is 6.08 Å². The molecule has 0 radical (unpaired) electrons. The molecule has 2 rings (SSSR count). The molecule has 2 N–H and O–H groups in total. The summed E-state index contributed by atoms with van der Waals surface area (Å²) in [6.45, 7) is 2.02. The number of para-hydroxylation sites is 1. The number of carbonyl (C=O) groups excluding carboxylic acids is 1. The Morgan fingerprint density at radius 2 is 2.05 bits per heavy atom. The fourth-order valence-corrected chi connectivity index (χ4v) is 2.71. The fraction of sp³-hybridized carbons (Fsp3) is 0.125. The van der Waals surface area contributed by atoms with E-state index in [1.165, 1.54) is 17.4 Å². The van der Waals surface area contributed by atoms with Gasteiger partial charge in [0.05, 0.1) is 4.88 Å². The van der Waals surface area contributed by atoms with Gasteiger partial charge in [0.2, 0.25) is 0 Å². The van der Waals surface area contributed by atoms with Crippen LogP contribution in [0.1, 0.15) is 27.7 Å². The molecule has 0 aliphatic carbocycles. The maximum absolute atomic E-state index is 12.3. The van der Waals surface area contributed by atoms with E-state index < -0.39 is 5.97 Å². The van der Waals surface area contributed by atoms with Gasteiger partial charge in [-0.3, -0.25) is 4.79 Å². The maximum atomic E-state index is 12.3. The third kappa shape index (κ3) is 3.79. The van der Waals surface area contributed by atoms with Gasteiger partial charge in [0.1, 0.15) is 0 Å². The fourth-order valence-electron chi connectivity index (χ4n) is 1.93. The Balaban J connectivity index is 2.21. The lowest BCUT2D eigenvalue weighted by molar-refractivity contribution is -0.131. The van der Waals surface area contributed by atoms with Crippen LogP contribution in [0.5, 0.6) is 0 Å². The number of anilines is 1. The molecule has 0 bridgehead atoms. The van der Waals surface area contributed by atoms with Gasteiger partial charge in [-0.05, 0) is 41.1 Å². The zero-order chi connectivity index (χ0) is 15.2.